The summed E-state index contributed by atoms with van der Waals surface area (Å²) in [4.78, 5) is 14.1. The Morgan fingerprint density at radius 2 is 2.12 bits per heavy atom. The fourth-order valence-electron chi connectivity index (χ4n) is 2.19. The second-order valence-electron chi connectivity index (χ2n) is 4.56. The van der Waals surface area contributed by atoms with E-state index in [9.17, 15) is 4.79 Å². The van der Waals surface area contributed by atoms with E-state index >= 15 is 0 Å². The molecule has 0 saturated carbocycles. The maximum absolute atomic E-state index is 11.7. The molecule has 0 aliphatic carbocycles. The van der Waals surface area contributed by atoms with Crippen molar-refractivity contribution in [1.29, 1.82) is 0 Å². The van der Waals surface area contributed by atoms with Crippen LogP contribution in [0.15, 0.2) is 0 Å². The molecule has 1 unspecified atom stereocenters. The average Bonchev–Trinajstić information content (AvgIpc) is 2.78. The van der Waals surface area contributed by atoms with E-state index < -0.39 is 0 Å². The minimum absolute atomic E-state index is 0.00331. The quantitative estimate of drug-likeness (QED) is 0.668. The Bertz CT molecular complexity index is 202. The van der Waals surface area contributed by atoms with Crippen LogP contribution in [0, 0.1) is 5.92 Å². The number of hydrogen-bond acceptors (Lipinski definition) is 3. The van der Waals surface area contributed by atoms with Crippen LogP contribution in [0.1, 0.15) is 32.6 Å². The van der Waals surface area contributed by atoms with Crippen LogP contribution in [0.5, 0.6) is 0 Å². The van der Waals surface area contributed by atoms with Gasteiger partial charge in [-0.25, -0.2) is 0 Å². The summed E-state index contributed by atoms with van der Waals surface area (Å²) in [5, 5.41) is 2.98. The van der Waals surface area contributed by atoms with Gasteiger partial charge in [0.2, 0.25) is 5.91 Å². The van der Waals surface area contributed by atoms with Crippen molar-refractivity contribution in [2.75, 3.05) is 32.7 Å². The van der Waals surface area contributed by atoms with Crippen LogP contribution in [0.2, 0.25) is 0 Å². The molecule has 0 spiro atoms. The summed E-state index contributed by atoms with van der Waals surface area (Å²) in [5.41, 5.74) is 5.58. The highest BCUT2D eigenvalue weighted by Crippen LogP contribution is 2.06. The molecule has 1 aliphatic rings. The second kappa shape index (κ2) is 7.63. The van der Waals surface area contributed by atoms with Crippen molar-refractivity contribution in [3.05, 3.63) is 0 Å². The first-order valence-electron chi connectivity index (χ1n) is 6.48. The fraction of sp³-hybridized carbons (Fsp3) is 0.917. The number of nitrogens with one attached hydrogen (secondary N) is 1. The molecule has 1 atom stereocenters. The van der Waals surface area contributed by atoms with Crippen LogP contribution in [-0.2, 0) is 4.79 Å². The Balaban J connectivity index is 2.12. The van der Waals surface area contributed by atoms with Gasteiger partial charge in [-0.3, -0.25) is 4.79 Å². The van der Waals surface area contributed by atoms with Crippen molar-refractivity contribution in [2.24, 2.45) is 11.7 Å². The Hall–Kier alpha value is -0.610. The molecule has 16 heavy (non-hydrogen) atoms. The molecule has 0 aromatic rings. The molecule has 1 saturated heterocycles. The molecule has 1 fully saturated rings. The number of carbonyl (C=O) groups is 1. The molecular weight excluding hydrogens is 202 g/mol. The third-order valence-corrected chi connectivity index (χ3v) is 3.22. The largest absolute Gasteiger partial charge is 0.355 e. The SMILES string of the molecule is CCCC(CN)C(=O)NCCN1CCCC1. The van der Waals surface area contributed by atoms with Gasteiger partial charge in [-0.05, 0) is 32.4 Å². The highest BCUT2D eigenvalue weighted by atomic mass is 16.1. The number of nitrogens with two attached hydrogens (primary N) is 1. The monoisotopic (exact) mass is 227 g/mol. The molecule has 0 radical (unpaired) electrons. The van der Waals surface area contributed by atoms with Crippen LogP contribution in [0.25, 0.3) is 0 Å². The normalized spacial score (nSPS) is 18.6. The van der Waals surface area contributed by atoms with Crippen LogP contribution in [-0.4, -0.2) is 43.5 Å². The lowest BCUT2D eigenvalue weighted by atomic mass is 10.0. The third kappa shape index (κ3) is 4.49. The average molecular weight is 227 g/mol. The molecule has 0 bridgehead atoms. The van der Waals surface area contributed by atoms with Crippen molar-refractivity contribution in [3.8, 4) is 0 Å². The van der Waals surface area contributed by atoms with E-state index in [1.54, 1.807) is 0 Å². The van der Waals surface area contributed by atoms with E-state index in [1.165, 1.54) is 25.9 Å². The number of nitrogens with zero attached hydrogens (tertiary/aromatic N) is 1. The lowest BCUT2D eigenvalue weighted by Crippen LogP contribution is -2.39. The van der Waals surface area contributed by atoms with E-state index in [2.05, 4.69) is 17.1 Å². The third-order valence-electron chi connectivity index (χ3n) is 3.22. The first-order valence-corrected chi connectivity index (χ1v) is 6.48. The summed E-state index contributed by atoms with van der Waals surface area (Å²) in [6, 6.07) is 0. The summed E-state index contributed by atoms with van der Waals surface area (Å²) in [7, 11) is 0. The highest BCUT2D eigenvalue weighted by molar-refractivity contribution is 5.78. The Morgan fingerprint density at radius 3 is 2.69 bits per heavy atom. The van der Waals surface area contributed by atoms with Gasteiger partial charge in [-0.15, -0.1) is 0 Å². The summed E-state index contributed by atoms with van der Waals surface area (Å²) < 4.78 is 0. The number of hydrogen-bond donors (Lipinski definition) is 2. The predicted molar refractivity (Wildman–Crippen MR) is 66.1 cm³/mol. The van der Waals surface area contributed by atoms with Crippen LogP contribution >= 0.6 is 0 Å². The van der Waals surface area contributed by atoms with Crippen molar-refractivity contribution < 1.29 is 4.79 Å². The number of rotatable bonds is 7. The van der Waals surface area contributed by atoms with Crippen molar-refractivity contribution in [2.45, 2.75) is 32.6 Å². The van der Waals surface area contributed by atoms with Gasteiger partial charge in [0, 0.05) is 19.6 Å². The summed E-state index contributed by atoms with van der Waals surface area (Å²) in [6.07, 6.45) is 4.51. The fourth-order valence-corrected chi connectivity index (χ4v) is 2.19. The Labute approximate surface area is 98.6 Å². The Kier molecular flexibility index (Phi) is 6.42. The van der Waals surface area contributed by atoms with Gasteiger partial charge in [0.05, 0.1) is 5.92 Å². The molecule has 1 amide bonds. The van der Waals surface area contributed by atoms with Gasteiger partial charge in [0.15, 0.2) is 0 Å². The van der Waals surface area contributed by atoms with Gasteiger partial charge in [-0.2, -0.15) is 0 Å². The van der Waals surface area contributed by atoms with E-state index in [-0.39, 0.29) is 11.8 Å². The van der Waals surface area contributed by atoms with Gasteiger partial charge >= 0.3 is 0 Å². The number of likely N-dealkylation sites (tertiary alicyclic amines) is 1. The predicted octanol–water partition coefficient (Wildman–Crippen LogP) is 0.573. The smallest absolute Gasteiger partial charge is 0.224 e. The molecule has 4 nitrogen and oxygen atoms in total. The lowest BCUT2D eigenvalue weighted by Gasteiger charge is -2.17. The van der Waals surface area contributed by atoms with Crippen molar-refractivity contribution in [1.82, 2.24) is 10.2 Å². The van der Waals surface area contributed by atoms with Crippen LogP contribution in [0.3, 0.4) is 0 Å². The first-order chi connectivity index (χ1) is 7.77. The minimum Gasteiger partial charge on any atom is -0.355 e. The van der Waals surface area contributed by atoms with E-state index in [4.69, 9.17) is 5.73 Å². The van der Waals surface area contributed by atoms with Gasteiger partial charge < -0.3 is 16.0 Å². The molecule has 4 heteroatoms. The van der Waals surface area contributed by atoms with Gasteiger partial charge in [0.25, 0.3) is 0 Å². The van der Waals surface area contributed by atoms with E-state index in [0.29, 0.717) is 6.54 Å². The molecule has 1 aliphatic heterocycles. The van der Waals surface area contributed by atoms with Crippen molar-refractivity contribution >= 4 is 5.91 Å². The lowest BCUT2D eigenvalue weighted by molar-refractivity contribution is -0.124. The zero-order valence-electron chi connectivity index (χ0n) is 10.4. The molecular formula is C12H25N3O. The van der Waals surface area contributed by atoms with Crippen LogP contribution in [0.4, 0.5) is 0 Å². The maximum atomic E-state index is 11.7. The zero-order chi connectivity index (χ0) is 11.8. The molecule has 94 valence electrons. The molecule has 3 N–H and O–H groups in total. The van der Waals surface area contributed by atoms with E-state index in [1.807, 2.05) is 0 Å². The highest BCUT2D eigenvalue weighted by Gasteiger charge is 2.16. The minimum atomic E-state index is 0.00331. The number of amides is 1. The Morgan fingerprint density at radius 1 is 1.44 bits per heavy atom. The van der Waals surface area contributed by atoms with Crippen LogP contribution < -0.4 is 11.1 Å². The summed E-state index contributed by atoms with van der Waals surface area (Å²) in [6.45, 7) is 6.66. The summed E-state index contributed by atoms with van der Waals surface area (Å²) in [5.74, 6) is 0.132. The standard InChI is InChI=1S/C12H25N3O/c1-2-5-11(10-13)12(16)14-6-9-15-7-3-4-8-15/h11H,2-10,13H2,1H3,(H,14,16). The summed E-state index contributed by atoms with van der Waals surface area (Å²) >= 11 is 0. The molecule has 1 rings (SSSR count). The maximum Gasteiger partial charge on any atom is 0.224 e. The van der Waals surface area contributed by atoms with E-state index in [0.717, 1.165) is 25.9 Å². The van der Waals surface area contributed by atoms with Crippen molar-refractivity contribution in [3.63, 3.8) is 0 Å². The topological polar surface area (TPSA) is 58.4 Å². The second-order valence-corrected chi connectivity index (χ2v) is 4.56. The zero-order valence-corrected chi connectivity index (χ0v) is 10.4. The van der Waals surface area contributed by atoms with Gasteiger partial charge in [-0.1, -0.05) is 13.3 Å². The molecule has 1 heterocycles. The number of carbonyl (C=O) groups excluding carboxylic acids is 1. The van der Waals surface area contributed by atoms with Gasteiger partial charge in [0.1, 0.15) is 0 Å². The first kappa shape index (κ1) is 13.5. The molecule has 0 aromatic carbocycles. The molecule has 0 aromatic heterocycles.